The molecule has 3 aromatic heterocycles. The molecule has 1 amide bonds. The molecule has 3 N–H and O–H groups in total. The number of hydrogen-bond acceptors (Lipinski definition) is 4. The van der Waals surface area contributed by atoms with Gasteiger partial charge in [-0.3, -0.25) is 14.0 Å². The number of rotatable bonds is 5. The number of nitrogens with zero attached hydrogens (tertiary/aromatic N) is 3. The van der Waals surface area contributed by atoms with Crippen molar-refractivity contribution in [2.24, 2.45) is 0 Å². The number of H-pyrrole nitrogens is 1. The zero-order chi connectivity index (χ0) is 25.0. The summed E-state index contributed by atoms with van der Waals surface area (Å²) in [7, 11) is 0. The van der Waals surface area contributed by atoms with Gasteiger partial charge in [0.05, 0.1) is 17.3 Å². The molecule has 186 valence electrons. The number of aromatic amines is 1. The number of hydrogen-bond donors (Lipinski definition) is 3. The van der Waals surface area contributed by atoms with E-state index in [0.29, 0.717) is 41.2 Å². The molecule has 1 aromatic carbocycles. The van der Waals surface area contributed by atoms with E-state index in [1.165, 1.54) is 12.1 Å². The number of nitrogens with one attached hydrogen (secondary N) is 3. The van der Waals surface area contributed by atoms with Crippen LogP contribution in [0, 0.1) is 12.7 Å². The van der Waals surface area contributed by atoms with Crippen LogP contribution in [0.4, 0.5) is 8.78 Å². The molecule has 1 aliphatic carbocycles. The summed E-state index contributed by atoms with van der Waals surface area (Å²) in [6, 6.07) is 4.44. The van der Waals surface area contributed by atoms with E-state index in [4.69, 9.17) is 0 Å². The van der Waals surface area contributed by atoms with Crippen LogP contribution in [0.2, 0.25) is 0 Å². The molecule has 10 heteroatoms. The molecule has 1 saturated heterocycles. The van der Waals surface area contributed by atoms with E-state index >= 15 is 4.39 Å². The molecule has 0 atom stereocenters. The van der Waals surface area contributed by atoms with Crippen LogP contribution in [0.1, 0.15) is 47.2 Å². The molecular weight excluding hydrogens is 466 g/mol. The number of halogens is 2. The van der Waals surface area contributed by atoms with Gasteiger partial charge in [0.15, 0.2) is 11.2 Å². The van der Waals surface area contributed by atoms with Crippen LogP contribution in [0.5, 0.6) is 0 Å². The number of pyridine rings is 1. The minimum absolute atomic E-state index is 0.000415. The van der Waals surface area contributed by atoms with Crippen molar-refractivity contribution >= 4 is 11.6 Å². The van der Waals surface area contributed by atoms with Crippen molar-refractivity contribution in [3.63, 3.8) is 0 Å². The SMILES string of the molecule is Cc1cc(F)c(C(=O)NC2CC2)cc1-c1cnn(-c2c[nH]c3cc(=O)c(C4(F)CCNCC4)cn23)c1. The highest BCUT2D eigenvalue weighted by Crippen LogP contribution is 2.33. The normalized spacial score (nSPS) is 17.4. The van der Waals surface area contributed by atoms with Crippen LogP contribution in [-0.4, -0.2) is 44.2 Å². The summed E-state index contributed by atoms with van der Waals surface area (Å²) in [6.07, 6.45) is 8.94. The molecule has 0 unspecified atom stereocenters. The molecule has 4 aromatic rings. The maximum Gasteiger partial charge on any atom is 0.254 e. The molecular formula is C26H26F2N6O2. The number of benzene rings is 1. The van der Waals surface area contributed by atoms with E-state index < -0.39 is 17.4 Å². The van der Waals surface area contributed by atoms with Crippen LogP contribution in [0.3, 0.4) is 0 Å². The van der Waals surface area contributed by atoms with Crippen molar-refractivity contribution in [3.05, 3.63) is 75.7 Å². The average molecular weight is 493 g/mol. The number of fused-ring (bicyclic) bond motifs is 1. The zero-order valence-corrected chi connectivity index (χ0v) is 19.8. The smallest absolute Gasteiger partial charge is 0.254 e. The third kappa shape index (κ3) is 3.91. The Morgan fingerprint density at radius 1 is 1.19 bits per heavy atom. The third-order valence-electron chi connectivity index (χ3n) is 7.13. The maximum absolute atomic E-state index is 15.7. The highest BCUT2D eigenvalue weighted by molar-refractivity contribution is 5.96. The Morgan fingerprint density at radius 2 is 1.97 bits per heavy atom. The van der Waals surface area contributed by atoms with Crippen LogP contribution >= 0.6 is 0 Å². The number of carbonyl (C=O) groups excluding carboxylic acids is 1. The molecule has 0 spiro atoms. The van der Waals surface area contributed by atoms with Gasteiger partial charge < -0.3 is 15.6 Å². The van der Waals surface area contributed by atoms with Gasteiger partial charge in [0.25, 0.3) is 5.91 Å². The lowest BCUT2D eigenvalue weighted by Crippen LogP contribution is -2.39. The molecule has 6 rings (SSSR count). The molecule has 1 aliphatic heterocycles. The van der Waals surface area contributed by atoms with Crippen molar-refractivity contribution in [1.82, 2.24) is 29.8 Å². The fourth-order valence-electron chi connectivity index (χ4n) is 4.88. The Hall–Kier alpha value is -3.79. The number of alkyl halides is 1. The van der Waals surface area contributed by atoms with Gasteiger partial charge in [0.1, 0.15) is 17.1 Å². The van der Waals surface area contributed by atoms with Gasteiger partial charge in [-0.25, -0.2) is 13.5 Å². The Kier molecular flexibility index (Phi) is 5.29. The van der Waals surface area contributed by atoms with Gasteiger partial charge in [-0.1, -0.05) is 0 Å². The summed E-state index contributed by atoms with van der Waals surface area (Å²) in [6.45, 7) is 2.80. The minimum Gasteiger partial charge on any atom is -0.349 e. The highest BCUT2D eigenvalue weighted by Gasteiger charge is 2.36. The average Bonchev–Trinajstić information content (AvgIpc) is 3.36. The van der Waals surface area contributed by atoms with Crippen LogP contribution < -0.4 is 16.1 Å². The lowest BCUT2D eigenvalue weighted by molar-refractivity contribution is 0.0947. The van der Waals surface area contributed by atoms with Gasteiger partial charge in [-0.15, -0.1) is 0 Å². The number of piperidine rings is 1. The third-order valence-corrected chi connectivity index (χ3v) is 7.13. The Bertz CT molecular complexity index is 1540. The summed E-state index contributed by atoms with van der Waals surface area (Å²) in [4.78, 5) is 28.3. The Labute approximate surface area is 205 Å². The van der Waals surface area contributed by atoms with Gasteiger partial charge in [-0.2, -0.15) is 5.10 Å². The van der Waals surface area contributed by atoms with E-state index in [2.05, 4.69) is 20.7 Å². The summed E-state index contributed by atoms with van der Waals surface area (Å²) >= 11 is 0. The van der Waals surface area contributed by atoms with Crippen molar-refractivity contribution in [2.75, 3.05) is 13.1 Å². The molecule has 8 nitrogen and oxygen atoms in total. The number of imidazole rings is 1. The number of aryl methyl sites for hydroxylation is 1. The van der Waals surface area contributed by atoms with E-state index in [1.54, 1.807) is 46.9 Å². The second kappa shape index (κ2) is 8.41. The second-order valence-corrected chi connectivity index (χ2v) is 9.74. The van der Waals surface area contributed by atoms with Gasteiger partial charge >= 0.3 is 0 Å². The van der Waals surface area contributed by atoms with Gasteiger partial charge in [-0.05, 0) is 69.0 Å². The van der Waals surface area contributed by atoms with Crippen molar-refractivity contribution in [2.45, 2.75) is 44.3 Å². The monoisotopic (exact) mass is 492 g/mol. The summed E-state index contributed by atoms with van der Waals surface area (Å²) < 4.78 is 33.6. The summed E-state index contributed by atoms with van der Waals surface area (Å²) in [5.41, 5.74) is 0.686. The molecule has 36 heavy (non-hydrogen) atoms. The van der Waals surface area contributed by atoms with Crippen LogP contribution in [0.25, 0.3) is 22.6 Å². The Balaban J connectivity index is 1.38. The zero-order valence-electron chi connectivity index (χ0n) is 19.8. The van der Waals surface area contributed by atoms with Crippen molar-refractivity contribution < 1.29 is 13.6 Å². The lowest BCUT2D eigenvalue weighted by Gasteiger charge is -2.29. The predicted molar refractivity (Wildman–Crippen MR) is 131 cm³/mol. The first kappa shape index (κ1) is 22.7. The van der Waals surface area contributed by atoms with E-state index in [9.17, 15) is 14.0 Å². The van der Waals surface area contributed by atoms with Crippen LogP contribution in [0.15, 0.2) is 47.8 Å². The van der Waals surface area contributed by atoms with Crippen molar-refractivity contribution in [1.29, 1.82) is 0 Å². The summed E-state index contributed by atoms with van der Waals surface area (Å²) in [5, 5.41) is 10.4. The second-order valence-electron chi connectivity index (χ2n) is 9.74. The first-order chi connectivity index (χ1) is 17.3. The molecule has 0 radical (unpaired) electrons. The fraction of sp³-hybridized carbons (Fsp3) is 0.346. The van der Waals surface area contributed by atoms with E-state index in [-0.39, 0.29) is 35.4 Å². The maximum atomic E-state index is 15.7. The summed E-state index contributed by atoms with van der Waals surface area (Å²) in [5.74, 6) is -0.399. The number of carbonyl (C=O) groups is 1. The predicted octanol–water partition coefficient (Wildman–Crippen LogP) is 3.37. The molecule has 0 bridgehead atoms. The molecule has 2 aliphatic rings. The Morgan fingerprint density at radius 3 is 2.72 bits per heavy atom. The quantitative estimate of drug-likeness (QED) is 0.398. The largest absolute Gasteiger partial charge is 0.349 e. The van der Waals surface area contributed by atoms with E-state index in [1.807, 2.05) is 0 Å². The molecule has 1 saturated carbocycles. The fourth-order valence-corrected chi connectivity index (χ4v) is 4.88. The number of aromatic nitrogens is 4. The topological polar surface area (TPSA) is 96.2 Å². The van der Waals surface area contributed by atoms with Crippen LogP contribution in [-0.2, 0) is 5.67 Å². The first-order valence-corrected chi connectivity index (χ1v) is 12.1. The van der Waals surface area contributed by atoms with Crippen molar-refractivity contribution in [3.8, 4) is 16.9 Å². The molecule has 2 fully saturated rings. The number of amides is 1. The first-order valence-electron chi connectivity index (χ1n) is 12.1. The van der Waals surface area contributed by atoms with Gasteiger partial charge in [0.2, 0.25) is 0 Å². The highest BCUT2D eigenvalue weighted by atomic mass is 19.1. The standard InChI is InChI=1S/C26H26F2N6O2/c1-15-8-21(27)19(25(36)32-17-2-3-17)9-18(15)16-11-31-34(13-16)24-12-30-23-10-22(35)20(14-33(23)24)26(28)4-6-29-7-5-26/h8-14,17,29-30H,2-7H2,1H3,(H,32,36). The minimum atomic E-state index is -1.68. The van der Waals surface area contributed by atoms with Gasteiger partial charge in [0, 0.05) is 36.3 Å². The molecule has 4 heterocycles. The lowest BCUT2D eigenvalue weighted by atomic mass is 9.87. The van der Waals surface area contributed by atoms with E-state index in [0.717, 1.165) is 12.8 Å².